The van der Waals surface area contributed by atoms with Crippen molar-refractivity contribution in [1.82, 2.24) is 15.6 Å². The molecular formula is C26H31FN6O. The van der Waals surface area contributed by atoms with Gasteiger partial charge < -0.3 is 26.5 Å². The van der Waals surface area contributed by atoms with E-state index in [2.05, 4.69) is 15.6 Å². The van der Waals surface area contributed by atoms with Gasteiger partial charge in [-0.2, -0.15) is 0 Å². The summed E-state index contributed by atoms with van der Waals surface area (Å²) in [6.45, 7) is 5.28. The van der Waals surface area contributed by atoms with Crippen molar-refractivity contribution in [3.8, 4) is 5.75 Å². The molecule has 2 heterocycles. The summed E-state index contributed by atoms with van der Waals surface area (Å²) in [6.07, 6.45) is 6.95. The van der Waals surface area contributed by atoms with Crippen molar-refractivity contribution in [2.45, 2.75) is 39.2 Å². The third-order valence-electron chi connectivity index (χ3n) is 6.14. The van der Waals surface area contributed by atoms with Crippen molar-refractivity contribution >= 4 is 23.4 Å². The van der Waals surface area contributed by atoms with Crippen molar-refractivity contribution in [3.05, 3.63) is 70.3 Å². The summed E-state index contributed by atoms with van der Waals surface area (Å²) in [4.78, 5) is 4.34. The number of anilines is 1. The van der Waals surface area contributed by atoms with Crippen LogP contribution in [0, 0.1) is 22.6 Å². The number of benzene rings is 1. The van der Waals surface area contributed by atoms with Gasteiger partial charge in [0.1, 0.15) is 11.9 Å². The largest absolute Gasteiger partial charge is 0.482 e. The Morgan fingerprint density at radius 1 is 1.29 bits per heavy atom. The molecule has 1 aromatic carbocycles. The molecule has 2 aliphatic rings. The molecule has 1 atom stereocenters. The molecule has 1 aliphatic heterocycles. The van der Waals surface area contributed by atoms with E-state index in [1.54, 1.807) is 18.5 Å². The Bertz CT molecular complexity index is 1170. The van der Waals surface area contributed by atoms with Gasteiger partial charge in [0.2, 0.25) is 0 Å². The topological polar surface area (TPSA) is 120 Å². The van der Waals surface area contributed by atoms with Crippen LogP contribution < -0.4 is 21.1 Å². The highest BCUT2D eigenvalue weighted by Crippen LogP contribution is 2.34. The van der Waals surface area contributed by atoms with Gasteiger partial charge in [0.05, 0.1) is 5.71 Å². The molecule has 0 amide bonds. The second kappa shape index (κ2) is 10.1. The number of nitrogens with two attached hydrogens (primary N) is 1. The molecule has 0 saturated heterocycles. The zero-order valence-electron chi connectivity index (χ0n) is 19.5. The van der Waals surface area contributed by atoms with Gasteiger partial charge >= 0.3 is 0 Å². The molecule has 7 nitrogen and oxygen atoms in total. The summed E-state index contributed by atoms with van der Waals surface area (Å²) >= 11 is 0. The first-order valence-electron chi connectivity index (χ1n) is 11.6. The predicted octanol–water partition coefficient (Wildman–Crippen LogP) is 4.57. The second-order valence-corrected chi connectivity index (χ2v) is 8.75. The molecule has 0 spiro atoms. The number of hydrogen-bond acceptors (Lipinski definition) is 7. The molecule has 2 bridgehead atoms. The Morgan fingerprint density at radius 2 is 2.09 bits per heavy atom. The number of nitrogen functional groups attached to an aromatic ring is 1. The molecule has 1 saturated carbocycles. The third-order valence-corrected chi connectivity index (χ3v) is 6.14. The fraction of sp³-hybridized carbons (Fsp3) is 0.346. The van der Waals surface area contributed by atoms with Crippen LogP contribution in [-0.4, -0.2) is 30.0 Å². The molecule has 2 aromatic rings. The summed E-state index contributed by atoms with van der Waals surface area (Å²) in [6, 6.07) is 6.17. The zero-order valence-corrected chi connectivity index (χ0v) is 19.5. The minimum atomic E-state index is -0.570. The first-order chi connectivity index (χ1) is 16.4. The van der Waals surface area contributed by atoms with Gasteiger partial charge in [-0.25, -0.2) is 9.37 Å². The summed E-state index contributed by atoms with van der Waals surface area (Å²) in [7, 11) is 0. The van der Waals surface area contributed by atoms with Crippen molar-refractivity contribution in [2.24, 2.45) is 5.92 Å². The van der Waals surface area contributed by atoms with E-state index in [1.165, 1.54) is 31.2 Å². The molecule has 4 rings (SSSR count). The highest BCUT2D eigenvalue weighted by molar-refractivity contribution is 6.12. The van der Waals surface area contributed by atoms with E-state index in [4.69, 9.17) is 21.3 Å². The maximum atomic E-state index is 14.2. The first-order valence-corrected chi connectivity index (χ1v) is 11.6. The highest BCUT2D eigenvalue weighted by Gasteiger charge is 2.25. The van der Waals surface area contributed by atoms with Gasteiger partial charge in [0, 0.05) is 60.5 Å². The summed E-state index contributed by atoms with van der Waals surface area (Å²) in [5.74, 6) is 0.824. The van der Waals surface area contributed by atoms with Crippen LogP contribution in [0.5, 0.6) is 5.75 Å². The average molecular weight is 463 g/mol. The maximum Gasteiger partial charge on any atom is 0.166 e. The van der Waals surface area contributed by atoms with Gasteiger partial charge in [-0.15, -0.1) is 0 Å². The number of rotatable bonds is 6. The van der Waals surface area contributed by atoms with Crippen LogP contribution >= 0.6 is 0 Å². The van der Waals surface area contributed by atoms with Crippen LogP contribution in [0.15, 0.2) is 47.8 Å². The Morgan fingerprint density at radius 3 is 2.79 bits per heavy atom. The van der Waals surface area contributed by atoms with E-state index in [1.807, 2.05) is 19.9 Å². The van der Waals surface area contributed by atoms with Crippen LogP contribution in [0.4, 0.5) is 10.2 Å². The summed E-state index contributed by atoms with van der Waals surface area (Å²) in [5.41, 5.74) is 10.4. The molecule has 0 radical (unpaired) electrons. The molecule has 8 heteroatoms. The Balaban J connectivity index is 1.91. The number of nitrogens with zero attached hydrogens (tertiary/aromatic N) is 1. The highest BCUT2D eigenvalue weighted by atomic mass is 19.1. The fourth-order valence-corrected chi connectivity index (χ4v) is 4.03. The Labute approximate surface area is 199 Å². The van der Waals surface area contributed by atoms with Crippen molar-refractivity contribution in [3.63, 3.8) is 0 Å². The number of allylic oxidation sites excluding steroid dienone is 2. The molecule has 6 N–H and O–H groups in total. The lowest BCUT2D eigenvalue weighted by molar-refractivity contribution is 0.227. The molecule has 1 aromatic heterocycles. The van der Waals surface area contributed by atoms with Gasteiger partial charge in [-0.05, 0) is 68.0 Å². The number of hydrogen-bond donors (Lipinski definition) is 5. The molecule has 34 heavy (non-hydrogen) atoms. The monoisotopic (exact) mass is 462 g/mol. The lowest BCUT2D eigenvalue weighted by Gasteiger charge is -2.24. The van der Waals surface area contributed by atoms with Crippen LogP contribution in [0.1, 0.15) is 55.9 Å². The smallest absolute Gasteiger partial charge is 0.166 e. The maximum absolute atomic E-state index is 14.2. The zero-order chi connectivity index (χ0) is 24.2. The Hall–Kier alpha value is -3.68. The van der Waals surface area contributed by atoms with E-state index in [0.29, 0.717) is 46.9 Å². The summed E-state index contributed by atoms with van der Waals surface area (Å²) < 4.78 is 20.4. The minimum absolute atomic E-state index is 0.228. The van der Waals surface area contributed by atoms with Crippen LogP contribution in [0.2, 0.25) is 0 Å². The van der Waals surface area contributed by atoms with E-state index in [-0.39, 0.29) is 11.5 Å². The van der Waals surface area contributed by atoms with Crippen LogP contribution in [0.25, 0.3) is 5.70 Å². The number of pyridine rings is 1. The third kappa shape index (κ3) is 5.11. The van der Waals surface area contributed by atoms with E-state index >= 15 is 0 Å². The number of aromatic nitrogens is 1. The SMILES string of the molecule is CCN/C=C1/C/C(C=N)=C(/NCC2CC2)c2cnc(N)c(c2)O[C@H](C)c2cc(F)ccc2C1=N. The normalized spacial score (nSPS) is 21.7. The van der Waals surface area contributed by atoms with E-state index in [0.717, 1.165) is 17.8 Å². The van der Waals surface area contributed by atoms with Crippen molar-refractivity contribution in [2.75, 3.05) is 18.8 Å². The standard InChI is InChI=1S/C26H31FN6O/c1-3-31-13-18-8-17(11-28)25(32-12-16-4-5-16)19-9-23(26(30)33-14-19)34-15(2)22-10-20(27)6-7-21(22)24(18)29/h6-7,9-11,13-16,28-29,31-32H,3-5,8,12H2,1-2H3,(H2,30,33)/b18-13-,25-17-,28-11?,29-24?/t15-/m1/s1. The molecule has 1 fully saturated rings. The predicted molar refractivity (Wildman–Crippen MR) is 134 cm³/mol. The van der Waals surface area contributed by atoms with E-state index in [9.17, 15) is 4.39 Å². The van der Waals surface area contributed by atoms with Gasteiger partial charge in [0.25, 0.3) is 0 Å². The van der Waals surface area contributed by atoms with Crippen molar-refractivity contribution < 1.29 is 9.13 Å². The van der Waals surface area contributed by atoms with Gasteiger partial charge in [-0.3, -0.25) is 5.41 Å². The lowest BCUT2D eigenvalue weighted by Crippen LogP contribution is -2.21. The quantitative estimate of drug-likeness (QED) is 0.403. The minimum Gasteiger partial charge on any atom is -0.482 e. The molecular weight excluding hydrogens is 431 g/mol. The van der Waals surface area contributed by atoms with Gasteiger partial charge in [-0.1, -0.05) is 0 Å². The molecule has 0 unspecified atom stereocenters. The van der Waals surface area contributed by atoms with Gasteiger partial charge in [0.15, 0.2) is 11.6 Å². The lowest BCUT2D eigenvalue weighted by atomic mass is 9.90. The van der Waals surface area contributed by atoms with E-state index < -0.39 is 11.9 Å². The summed E-state index contributed by atoms with van der Waals surface area (Å²) in [5, 5.41) is 23.9. The average Bonchev–Trinajstić information content (AvgIpc) is 3.65. The number of fused-ring (bicyclic) bond motifs is 3. The Kier molecular flexibility index (Phi) is 6.95. The van der Waals surface area contributed by atoms with Crippen LogP contribution in [0.3, 0.4) is 0 Å². The molecule has 178 valence electrons. The number of nitrogens with one attached hydrogen (secondary N) is 4. The van der Waals surface area contributed by atoms with Crippen LogP contribution in [-0.2, 0) is 0 Å². The van der Waals surface area contributed by atoms with Crippen molar-refractivity contribution in [1.29, 1.82) is 10.8 Å². The number of ether oxygens (including phenoxy) is 1. The number of halogens is 1. The molecule has 1 aliphatic carbocycles. The second-order valence-electron chi connectivity index (χ2n) is 8.75. The first kappa shape index (κ1) is 23.5. The fourth-order valence-electron chi connectivity index (χ4n) is 4.03.